The van der Waals surface area contributed by atoms with Crippen LogP contribution in [0.4, 0.5) is 13.2 Å². The molecule has 1 atom stereocenters. The summed E-state index contributed by atoms with van der Waals surface area (Å²) in [4.78, 5) is 0. The zero-order chi connectivity index (χ0) is 15.4. The molecule has 112 valence electrons. The van der Waals surface area contributed by atoms with Crippen molar-refractivity contribution >= 4 is 15.9 Å². The van der Waals surface area contributed by atoms with Gasteiger partial charge in [0.2, 0.25) is 0 Å². The number of hydrogen-bond acceptors (Lipinski definition) is 2. The van der Waals surface area contributed by atoms with Crippen molar-refractivity contribution in [1.82, 2.24) is 5.43 Å². The maximum absolute atomic E-state index is 13.6. The SMILES string of the molecule is NNC(Cc1ccc(F)c(Br)c1)Cc1ccc(F)cc1F. The number of rotatable bonds is 5. The van der Waals surface area contributed by atoms with Crippen LogP contribution in [0.25, 0.3) is 0 Å². The first-order chi connectivity index (χ1) is 9.99. The van der Waals surface area contributed by atoms with Crippen LogP contribution in [0.15, 0.2) is 40.9 Å². The molecule has 0 saturated heterocycles. The van der Waals surface area contributed by atoms with Crippen LogP contribution in [-0.4, -0.2) is 6.04 Å². The predicted molar refractivity (Wildman–Crippen MR) is 79.0 cm³/mol. The molecule has 0 aliphatic rings. The summed E-state index contributed by atoms with van der Waals surface area (Å²) in [6.07, 6.45) is 0.795. The Morgan fingerprint density at radius 2 is 1.76 bits per heavy atom. The highest BCUT2D eigenvalue weighted by molar-refractivity contribution is 9.10. The Hall–Kier alpha value is -1.37. The molecule has 0 spiro atoms. The van der Waals surface area contributed by atoms with E-state index in [0.717, 1.165) is 11.6 Å². The Kier molecular flexibility index (Phi) is 5.39. The lowest BCUT2D eigenvalue weighted by molar-refractivity contribution is 0.501. The number of nitrogens with two attached hydrogens (primary N) is 1. The monoisotopic (exact) mass is 358 g/mol. The molecule has 0 saturated carbocycles. The highest BCUT2D eigenvalue weighted by Gasteiger charge is 2.13. The Morgan fingerprint density at radius 1 is 1.00 bits per heavy atom. The van der Waals surface area contributed by atoms with E-state index in [1.807, 2.05) is 0 Å². The van der Waals surface area contributed by atoms with E-state index in [1.54, 1.807) is 12.1 Å². The minimum atomic E-state index is -0.615. The highest BCUT2D eigenvalue weighted by atomic mass is 79.9. The van der Waals surface area contributed by atoms with Gasteiger partial charge >= 0.3 is 0 Å². The molecule has 2 aromatic carbocycles. The molecule has 2 rings (SSSR count). The van der Waals surface area contributed by atoms with Crippen molar-refractivity contribution in [2.24, 2.45) is 5.84 Å². The maximum Gasteiger partial charge on any atom is 0.137 e. The third-order valence-electron chi connectivity index (χ3n) is 3.18. The lowest BCUT2D eigenvalue weighted by Gasteiger charge is -2.17. The fourth-order valence-corrected chi connectivity index (χ4v) is 2.52. The van der Waals surface area contributed by atoms with Crippen molar-refractivity contribution in [2.75, 3.05) is 0 Å². The number of hydrazine groups is 1. The summed E-state index contributed by atoms with van der Waals surface area (Å²) in [5.74, 6) is 3.92. The molecule has 0 heterocycles. The lowest BCUT2D eigenvalue weighted by atomic mass is 9.99. The molecule has 6 heteroatoms. The average molecular weight is 359 g/mol. The quantitative estimate of drug-likeness (QED) is 0.634. The fraction of sp³-hybridized carbons (Fsp3) is 0.200. The zero-order valence-corrected chi connectivity index (χ0v) is 12.6. The molecule has 1 unspecified atom stereocenters. The van der Waals surface area contributed by atoms with Crippen LogP contribution in [0.3, 0.4) is 0 Å². The van der Waals surface area contributed by atoms with Crippen molar-refractivity contribution < 1.29 is 13.2 Å². The van der Waals surface area contributed by atoms with Crippen LogP contribution in [0, 0.1) is 17.5 Å². The minimum absolute atomic E-state index is 0.248. The van der Waals surface area contributed by atoms with Crippen LogP contribution in [0.1, 0.15) is 11.1 Å². The van der Waals surface area contributed by atoms with Gasteiger partial charge in [-0.2, -0.15) is 0 Å². The molecule has 0 fully saturated rings. The van der Waals surface area contributed by atoms with Gasteiger partial charge in [-0.25, -0.2) is 13.2 Å². The first kappa shape index (κ1) is 16.0. The minimum Gasteiger partial charge on any atom is -0.271 e. The summed E-state index contributed by atoms with van der Waals surface area (Å²) >= 11 is 3.12. The zero-order valence-electron chi connectivity index (χ0n) is 11.0. The van der Waals surface area contributed by atoms with Crippen LogP contribution in [-0.2, 0) is 12.8 Å². The van der Waals surface area contributed by atoms with Gasteiger partial charge in [-0.3, -0.25) is 11.3 Å². The summed E-state index contributed by atoms with van der Waals surface area (Å²) < 4.78 is 40.1. The molecule has 21 heavy (non-hydrogen) atoms. The van der Waals surface area contributed by atoms with Crippen LogP contribution < -0.4 is 11.3 Å². The highest BCUT2D eigenvalue weighted by Crippen LogP contribution is 2.19. The molecule has 3 N–H and O–H groups in total. The van der Waals surface area contributed by atoms with E-state index in [9.17, 15) is 13.2 Å². The third-order valence-corrected chi connectivity index (χ3v) is 3.79. The summed E-state index contributed by atoms with van der Waals surface area (Å²) in [6, 6.07) is 7.85. The Labute approximate surface area is 129 Å². The average Bonchev–Trinajstić information content (AvgIpc) is 2.44. The number of nitrogens with one attached hydrogen (secondary N) is 1. The van der Waals surface area contributed by atoms with Gasteiger partial charge in [0.15, 0.2) is 0 Å². The second-order valence-corrected chi connectivity index (χ2v) is 5.61. The third kappa shape index (κ3) is 4.30. The van der Waals surface area contributed by atoms with Gasteiger partial charge in [-0.05, 0) is 58.1 Å². The van der Waals surface area contributed by atoms with E-state index in [1.165, 1.54) is 18.2 Å². The molecule has 0 aliphatic heterocycles. The van der Waals surface area contributed by atoms with Crippen LogP contribution >= 0.6 is 15.9 Å². The van der Waals surface area contributed by atoms with Crippen molar-refractivity contribution in [1.29, 1.82) is 0 Å². The second-order valence-electron chi connectivity index (χ2n) is 4.76. The Bertz CT molecular complexity index is 634. The van der Waals surface area contributed by atoms with Gasteiger partial charge in [0.05, 0.1) is 4.47 Å². The summed E-state index contributed by atoms with van der Waals surface area (Å²) in [7, 11) is 0. The second kappa shape index (κ2) is 7.06. The number of benzene rings is 2. The van der Waals surface area contributed by atoms with Gasteiger partial charge in [-0.15, -0.1) is 0 Å². The summed E-state index contributed by atoms with van der Waals surface area (Å²) in [6.45, 7) is 0. The van der Waals surface area contributed by atoms with E-state index >= 15 is 0 Å². The molecule has 0 amide bonds. The van der Waals surface area contributed by atoms with Crippen molar-refractivity contribution in [2.45, 2.75) is 18.9 Å². The van der Waals surface area contributed by atoms with E-state index in [2.05, 4.69) is 21.4 Å². The molecule has 0 aromatic heterocycles. The predicted octanol–water partition coefficient (Wildman–Crippen LogP) is 3.48. The van der Waals surface area contributed by atoms with Crippen molar-refractivity contribution in [3.8, 4) is 0 Å². The molecular weight excluding hydrogens is 345 g/mol. The first-order valence-corrected chi connectivity index (χ1v) is 7.13. The van der Waals surface area contributed by atoms with E-state index in [0.29, 0.717) is 22.9 Å². The first-order valence-electron chi connectivity index (χ1n) is 6.33. The molecule has 0 radical (unpaired) electrons. The number of hydrogen-bond donors (Lipinski definition) is 2. The maximum atomic E-state index is 13.6. The number of halogens is 4. The topological polar surface area (TPSA) is 38.0 Å². The van der Waals surface area contributed by atoms with Crippen LogP contribution in [0.2, 0.25) is 0 Å². The Balaban J connectivity index is 2.10. The molecular formula is C15H14BrF3N2. The van der Waals surface area contributed by atoms with Gasteiger partial charge in [-0.1, -0.05) is 12.1 Å². The fourth-order valence-electron chi connectivity index (χ4n) is 2.09. The largest absolute Gasteiger partial charge is 0.271 e. The Morgan fingerprint density at radius 3 is 2.38 bits per heavy atom. The molecule has 2 nitrogen and oxygen atoms in total. The van der Waals surface area contributed by atoms with Crippen molar-refractivity contribution in [3.05, 3.63) is 69.4 Å². The van der Waals surface area contributed by atoms with Gasteiger partial charge in [0.25, 0.3) is 0 Å². The van der Waals surface area contributed by atoms with Gasteiger partial charge in [0, 0.05) is 12.1 Å². The standard InChI is InChI=1S/C15H14BrF3N2/c16-13-6-9(1-4-14(13)18)5-12(21-20)7-10-2-3-11(17)8-15(10)19/h1-4,6,8,12,21H,5,7,20H2. The molecule has 0 bridgehead atoms. The molecule has 0 aliphatic carbocycles. The molecule has 2 aromatic rings. The van der Waals surface area contributed by atoms with Crippen LogP contribution in [0.5, 0.6) is 0 Å². The lowest BCUT2D eigenvalue weighted by Crippen LogP contribution is -2.38. The van der Waals surface area contributed by atoms with E-state index in [-0.39, 0.29) is 11.9 Å². The van der Waals surface area contributed by atoms with Gasteiger partial charge < -0.3 is 0 Å². The van der Waals surface area contributed by atoms with E-state index < -0.39 is 11.6 Å². The van der Waals surface area contributed by atoms with Crippen molar-refractivity contribution in [3.63, 3.8) is 0 Å². The van der Waals surface area contributed by atoms with Gasteiger partial charge in [0.1, 0.15) is 17.5 Å². The normalized spacial score (nSPS) is 12.4. The summed E-state index contributed by atoms with van der Waals surface area (Å²) in [5.41, 5.74) is 3.84. The smallest absolute Gasteiger partial charge is 0.137 e. The van der Waals surface area contributed by atoms with E-state index in [4.69, 9.17) is 5.84 Å². The summed E-state index contributed by atoms with van der Waals surface area (Å²) in [5, 5.41) is 0.